The zero-order valence-corrected chi connectivity index (χ0v) is 15.3. The van der Waals surface area contributed by atoms with Crippen molar-refractivity contribution < 1.29 is 9.53 Å². The highest BCUT2D eigenvalue weighted by Crippen LogP contribution is 2.36. The molecule has 1 aliphatic heterocycles. The van der Waals surface area contributed by atoms with Gasteiger partial charge in [0, 0.05) is 25.3 Å². The molecule has 1 saturated carbocycles. The van der Waals surface area contributed by atoms with E-state index in [1.807, 2.05) is 16.8 Å². The van der Waals surface area contributed by atoms with Gasteiger partial charge in [0.15, 0.2) is 0 Å². The fraction of sp³-hybridized carbons (Fsp3) is 0.529. The highest BCUT2D eigenvalue weighted by atomic mass is 32.2. The number of ether oxygens (including phenoxy) is 1. The molecule has 2 fully saturated rings. The molecule has 0 spiro atoms. The van der Waals surface area contributed by atoms with Crippen LogP contribution in [0, 0.1) is 0 Å². The molecule has 0 unspecified atom stereocenters. The lowest BCUT2D eigenvalue weighted by Crippen LogP contribution is -2.35. The Balaban J connectivity index is 1.25. The lowest BCUT2D eigenvalue weighted by molar-refractivity contribution is -0.113. The molecule has 0 radical (unpaired) electrons. The van der Waals surface area contributed by atoms with Crippen molar-refractivity contribution in [2.75, 3.05) is 37.4 Å². The number of aromatic nitrogens is 4. The number of tetrazole rings is 1. The van der Waals surface area contributed by atoms with Crippen LogP contribution in [-0.2, 0) is 16.1 Å². The van der Waals surface area contributed by atoms with E-state index < -0.39 is 0 Å². The second-order valence-corrected chi connectivity index (χ2v) is 7.50. The summed E-state index contributed by atoms with van der Waals surface area (Å²) in [6, 6.07) is 8.44. The first-order valence-electron chi connectivity index (χ1n) is 8.87. The number of carbonyl (C=O) groups is 1. The summed E-state index contributed by atoms with van der Waals surface area (Å²) in [5, 5.41) is 15.3. The van der Waals surface area contributed by atoms with Crippen LogP contribution in [0.15, 0.2) is 29.4 Å². The number of anilines is 1. The van der Waals surface area contributed by atoms with Crippen molar-refractivity contribution >= 4 is 23.4 Å². The summed E-state index contributed by atoms with van der Waals surface area (Å²) in [5.41, 5.74) is 2.05. The van der Waals surface area contributed by atoms with E-state index in [-0.39, 0.29) is 5.91 Å². The van der Waals surface area contributed by atoms with E-state index in [9.17, 15) is 4.79 Å². The zero-order valence-electron chi connectivity index (χ0n) is 14.5. The van der Waals surface area contributed by atoms with Gasteiger partial charge in [0.1, 0.15) is 0 Å². The van der Waals surface area contributed by atoms with E-state index >= 15 is 0 Å². The number of carbonyl (C=O) groups excluding carboxylic acids is 1. The maximum absolute atomic E-state index is 12.2. The van der Waals surface area contributed by atoms with Crippen LogP contribution in [0.2, 0.25) is 0 Å². The summed E-state index contributed by atoms with van der Waals surface area (Å²) >= 11 is 1.37. The SMILES string of the molecule is O=C(CSc1nnnn1C1CC1)Nc1ccc(CN2CCOCC2)cc1. The Bertz CT molecular complexity index is 740. The van der Waals surface area contributed by atoms with Crippen LogP contribution in [0.25, 0.3) is 0 Å². The number of hydrogen-bond acceptors (Lipinski definition) is 7. The van der Waals surface area contributed by atoms with Crippen molar-refractivity contribution in [2.24, 2.45) is 0 Å². The molecule has 1 aromatic carbocycles. The average molecular weight is 374 g/mol. The lowest BCUT2D eigenvalue weighted by atomic mass is 10.2. The largest absolute Gasteiger partial charge is 0.379 e. The van der Waals surface area contributed by atoms with Crippen molar-refractivity contribution in [3.8, 4) is 0 Å². The summed E-state index contributed by atoms with van der Waals surface area (Å²) in [4.78, 5) is 14.5. The number of rotatable bonds is 7. The normalized spacial score (nSPS) is 18.0. The van der Waals surface area contributed by atoms with Gasteiger partial charge in [0.05, 0.1) is 25.0 Å². The summed E-state index contributed by atoms with van der Waals surface area (Å²) in [7, 11) is 0. The van der Waals surface area contributed by atoms with E-state index in [2.05, 4.69) is 37.9 Å². The molecule has 0 bridgehead atoms. The molecule has 0 atom stereocenters. The quantitative estimate of drug-likeness (QED) is 0.736. The second kappa shape index (κ2) is 8.15. The molecule has 2 aromatic rings. The predicted molar refractivity (Wildman–Crippen MR) is 98.0 cm³/mol. The van der Waals surface area contributed by atoms with Crippen LogP contribution < -0.4 is 5.32 Å². The van der Waals surface area contributed by atoms with Crippen molar-refractivity contribution in [1.82, 2.24) is 25.1 Å². The molecule has 2 heterocycles. The monoisotopic (exact) mass is 374 g/mol. The van der Waals surface area contributed by atoms with Gasteiger partial charge in [0.25, 0.3) is 0 Å². The minimum Gasteiger partial charge on any atom is -0.379 e. The molecule has 1 N–H and O–H groups in total. The minimum absolute atomic E-state index is 0.0544. The van der Waals surface area contributed by atoms with Gasteiger partial charge in [-0.1, -0.05) is 23.9 Å². The van der Waals surface area contributed by atoms with Crippen LogP contribution in [0.5, 0.6) is 0 Å². The van der Waals surface area contributed by atoms with Crippen LogP contribution >= 0.6 is 11.8 Å². The van der Waals surface area contributed by atoms with Gasteiger partial charge in [-0.15, -0.1) is 5.10 Å². The first kappa shape index (κ1) is 17.4. The van der Waals surface area contributed by atoms with E-state index in [4.69, 9.17) is 4.74 Å². The van der Waals surface area contributed by atoms with Gasteiger partial charge in [-0.3, -0.25) is 9.69 Å². The van der Waals surface area contributed by atoms with Crippen molar-refractivity contribution in [3.05, 3.63) is 29.8 Å². The molecule has 2 aliphatic rings. The van der Waals surface area contributed by atoms with E-state index in [1.54, 1.807) is 0 Å². The number of hydrogen-bond donors (Lipinski definition) is 1. The Hall–Kier alpha value is -1.97. The Labute approximate surface area is 156 Å². The van der Waals surface area contributed by atoms with Gasteiger partial charge in [0.2, 0.25) is 11.1 Å². The highest BCUT2D eigenvalue weighted by molar-refractivity contribution is 7.99. The molecule has 1 aliphatic carbocycles. The van der Waals surface area contributed by atoms with E-state index in [0.29, 0.717) is 17.0 Å². The third-order valence-electron chi connectivity index (χ3n) is 4.44. The van der Waals surface area contributed by atoms with Gasteiger partial charge in [-0.25, -0.2) is 4.68 Å². The fourth-order valence-corrected chi connectivity index (χ4v) is 3.61. The Morgan fingerprint density at radius 3 is 2.73 bits per heavy atom. The topological polar surface area (TPSA) is 85.2 Å². The standard InChI is InChI=1S/C17H22N6O2S/c24-16(12-26-17-19-20-21-23(17)15-5-6-15)18-14-3-1-13(2-4-14)11-22-7-9-25-10-8-22/h1-4,15H,5-12H2,(H,18,24). The van der Waals surface area contributed by atoms with Gasteiger partial charge in [-0.05, 0) is 41.0 Å². The van der Waals surface area contributed by atoms with Crippen LogP contribution in [-0.4, -0.2) is 63.1 Å². The number of amides is 1. The van der Waals surface area contributed by atoms with Gasteiger partial charge >= 0.3 is 0 Å². The maximum Gasteiger partial charge on any atom is 0.234 e. The number of morpholine rings is 1. The predicted octanol–water partition coefficient (Wildman–Crippen LogP) is 1.57. The Kier molecular flexibility index (Phi) is 5.47. The van der Waals surface area contributed by atoms with Crippen molar-refractivity contribution in [2.45, 2.75) is 30.6 Å². The second-order valence-electron chi connectivity index (χ2n) is 6.56. The van der Waals surface area contributed by atoms with Crippen LogP contribution in [0.3, 0.4) is 0 Å². The van der Waals surface area contributed by atoms with E-state index in [1.165, 1.54) is 17.3 Å². The van der Waals surface area contributed by atoms with Gasteiger partial charge < -0.3 is 10.1 Å². The smallest absolute Gasteiger partial charge is 0.234 e. The summed E-state index contributed by atoms with van der Waals surface area (Å²) < 4.78 is 7.19. The molecular weight excluding hydrogens is 352 g/mol. The van der Waals surface area contributed by atoms with Crippen LogP contribution in [0.4, 0.5) is 5.69 Å². The number of nitrogens with zero attached hydrogens (tertiary/aromatic N) is 5. The first-order chi connectivity index (χ1) is 12.8. The molecule has 8 nitrogen and oxygen atoms in total. The molecule has 1 saturated heterocycles. The molecule has 1 aromatic heterocycles. The zero-order chi connectivity index (χ0) is 17.8. The fourth-order valence-electron chi connectivity index (χ4n) is 2.87. The van der Waals surface area contributed by atoms with Crippen LogP contribution in [0.1, 0.15) is 24.4 Å². The number of thioether (sulfide) groups is 1. The number of benzene rings is 1. The van der Waals surface area contributed by atoms with E-state index in [0.717, 1.165) is 51.4 Å². The molecule has 1 amide bonds. The average Bonchev–Trinajstić information content (AvgIpc) is 3.40. The van der Waals surface area contributed by atoms with Crippen molar-refractivity contribution in [1.29, 1.82) is 0 Å². The molecule has 9 heteroatoms. The first-order valence-corrected chi connectivity index (χ1v) is 9.86. The van der Waals surface area contributed by atoms with Crippen molar-refractivity contribution in [3.63, 3.8) is 0 Å². The van der Waals surface area contributed by atoms with Gasteiger partial charge in [-0.2, -0.15) is 0 Å². The highest BCUT2D eigenvalue weighted by Gasteiger charge is 2.28. The molecule has 26 heavy (non-hydrogen) atoms. The maximum atomic E-state index is 12.2. The molecule has 138 valence electrons. The third-order valence-corrected chi connectivity index (χ3v) is 5.37. The molecular formula is C17H22N6O2S. The summed E-state index contributed by atoms with van der Waals surface area (Å²) in [6.45, 7) is 4.45. The molecule has 4 rings (SSSR count). The number of nitrogens with one attached hydrogen (secondary N) is 1. The Morgan fingerprint density at radius 1 is 1.23 bits per heavy atom. The summed E-state index contributed by atoms with van der Waals surface area (Å²) in [5.74, 6) is 0.240. The minimum atomic E-state index is -0.0544. The lowest BCUT2D eigenvalue weighted by Gasteiger charge is -2.26. The summed E-state index contributed by atoms with van der Waals surface area (Å²) in [6.07, 6.45) is 2.23. The Morgan fingerprint density at radius 2 is 2.00 bits per heavy atom. The third kappa shape index (κ3) is 4.60.